The van der Waals surface area contributed by atoms with Crippen LogP contribution in [0.5, 0.6) is 0 Å². The molecular weight excluding hydrogens is 320 g/mol. The molecule has 1 amide bonds. The Bertz CT molecular complexity index is 996. The Balaban J connectivity index is 1.84. The first kappa shape index (κ1) is 16.6. The molecule has 8 nitrogen and oxygen atoms in total. The number of aromatic nitrogens is 4. The van der Waals surface area contributed by atoms with E-state index in [0.29, 0.717) is 22.7 Å². The summed E-state index contributed by atoms with van der Waals surface area (Å²) in [5.41, 5.74) is 0.396. The highest BCUT2D eigenvalue weighted by Crippen LogP contribution is 2.13. The van der Waals surface area contributed by atoms with Crippen molar-refractivity contribution in [3.05, 3.63) is 52.7 Å². The fraction of sp³-hybridized carbons (Fsp3) is 0.235. The summed E-state index contributed by atoms with van der Waals surface area (Å²) in [5.74, 6) is 0.657. The number of rotatable bonds is 4. The van der Waals surface area contributed by atoms with Gasteiger partial charge in [0.1, 0.15) is 24.5 Å². The Morgan fingerprint density at radius 2 is 1.92 bits per heavy atom. The molecule has 2 heterocycles. The lowest BCUT2D eigenvalue weighted by atomic mass is 10.1. The summed E-state index contributed by atoms with van der Waals surface area (Å²) >= 11 is 0. The third-order valence-corrected chi connectivity index (χ3v) is 3.72. The van der Waals surface area contributed by atoms with Crippen molar-refractivity contribution < 1.29 is 4.79 Å². The number of carbonyl (C=O) groups excluding carboxylic acids is 1. The molecule has 0 saturated carbocycles. The van der Waals surface area contributed by atoms with E-state index in [4.69, 9.17) is 0 Å². The summed E-state index contributed by atoms with van der Waals surface area (Å²) in [6.07, 6.45) is 1.37. The molecule has 128 valence electrons. The molecule has 2 aromatic heterocycles. The maximum Gasteiger partial charge on any atom is 0.275 e. The fourth-order valence-electron chi connectivity index (χ4n) is 2.49. The fourth-order valence-corrected chi connectivity index (χ4v) is 2.49. The maximum atomic E-state index is 12.5. The smallest absolute Gasteiger partial charge is 0.275 e. The topological polar surface area (TPSA) is 93.0 Å². The zero-order chi connectivity index (χ0) is 18.0. The van der Waals surface area contributed by atoms with Crippen LogP contribution in [0.2, 0.25) is 0 Å². The van der Waals surface area contributed by atoms with E-state index < -0.39 is 0 Å². The molecule has 8 heteroatoms. The monoisotopic (exact) mass is 338 g/mol. The Hall–Kier alpha value is -3.29. The second-order valence-corrected chi connectivity index (χ2v) is 5.80. The van der Waals surface area contributed by atoms with Crippen LogP contribution in [-0.4, -0.2) is 39.8 Å². The lowest BCUT2D eigenvalue weighted by Gasteiger charge is -2.12. The van der Waals surface area contributed by atoms with Gasteiger partial charge in [-0.1, -0.05) is 18.2 Å². The van der Waals surface area contributed by atoms with Gasteiger partial charge in [-0.3, -0.25) is 9.59 Å². The number of hydrogen-bond donors (Lipinski definition) is 1. The largest absolute Gasteiger partial charge is 0.363 e. The lowest BCUT2D eigenvalue weighted by molar-refractivity contribution is -0.117. The second-order valence-electron chi connectivity index (χ2n) is 5.80. The van der Waals surface area contributed by atoms with Gasteiger partial charge in [-0.25, -0.2) is 14.6 Å². The number of carbonyl (C=O) groups is 1. The van der Waals surface area contributed by atoms with Gasteiger partial charge in [0.15, 0.2) is 0 Å². The Labute approximate surface area is 144 Å². The first-order chi connectivity index (χ1) is 12.0. The molecule has 1 aromatic carbocycles. The van der Waals surface area contributed by atoms with Crippen molar-refractivity contribution in [1.29, 1.82) is 0 Å². The second kappa shape index (κ2) is 6.68. The summed E-state index contributed by atoms with van der Waals surface area (Å²) in [4.78, 5) is 34.7. The Morgan fingerprint density at radius 1 is 1.20 bits per heavy atom. The van der Waals surface area contributed by atoms with Crippen molar-refractivity contribution in [2.75, 3.05) is 24.3 Å². The molecule has 0 aliphatic carbocycles. The molecular formula is C17H18N6O2. The van der Waals surface area contributed by atoms with Gasteiger partial charge in [0.05, 0.1) is 11.1 Å². The number of nitrogens with zero attached hydrogens (tertiary/aromatic N) is 5. The number of benzene rings is 1. The highest BCUT2D eigenvalue weighted by Gasteiger charge is 2.12. The van der Waals surface area contributed by atoms with Crippen molar-refractivity contribution in [1.82, 2.24) is 19.7 Å². The molecule has 0 bridgehead atoms. The number of fused-ring (bicyclic) bond motifs is 1. The number of hydrogen-bond acceptors (Lipinski definition) is 6. The van der Waals surface area contributed by atoms with Crippen LogP contribution in [-0.2, 0) is 11.3 Å². The van der Waals surface area contributed by atoms with E-state index >= 15 is 0 Å². The predicted octanol–water partition coefficient (Wildman–Crippen LogP) is 1.20. The predicted molar refractivity (Wildman–Crippen MR) is 95.7 cm³/mol. The van der Waals surface area contributed by atoms with Crippen molar-refractivity contribution in [2.24, 2.45) is 0 Å². The number of nitrogens with one attached hydrogen (secondary N) is 1. The molecule has 0 saturated heterocycles. The molecule has 3 rings (SSSR count). The third-order valence-electron chi connectivity index (χ3n) is 3.72. The van der Waals surface area contributed by atoms with Crippen LogP contribution in [0.4, 0.5) is 11.6 Å². The third kappa shape index (κ3) is 3.47. The van der Waals surface area contributed by atoms with Crippen LogP contribution in [0.1, 0.15) is 5.69 Å². The van der Waals surface area contributed by atoms with Crippen LogP contribution in [0.15, 0.2) is 41.5 Å². The molecule has 3 aromatic rings. The summed E-state index contributed by atoms with van der Waals surface area (Å²) in [7, 11) is 3.69. The van der Waals surface area contributed by atoms with Crippen LogP contribution >= 0.6 is 0 Å². The molecule has 0 radical (unpaired) electrons. The van der Waals surface area contributed by atoms with Crippen LogP contribution in [0.25, 0.3) is 10.8 Å². The van der Waals surface area contributed by atoms with Crippen LogP contribution in [0.3, 0.4) is 0 Å². The SMILES string of the molecule is Cc1nn(CC(=O)Nc2cc(N(C)C)ncn2)c(=O)c2ccccc12. The molecule has 0 spiro atoms. The Kier molecular flexibility index (Phi) is 4.42. The van der Waals surface area contributed by atoms with Crippen molar-refractivity contribution in [3.8, 4) is 0 Å². The van der Waals surface area contributed by atoms with Crippen molar-refractivity contribution in [2.45, 2.75) is 13.5 Å². The molecule has 0 aliphatic rings. The average molecular weight is 338 g/mol. The normalized spacial score (nSPS) is 10.7. The molecule has 0 aliphatic heterocycles. The zero-order valence-corrected chi connectivity index (χ0v) is 14.2. The minimum atomic E-state index is -0.382. The van der Waals surface area contributed by atoms with Gasteiger partial charge in [-0.2, -0.15) is 5.10 Å². The number of aryl methyl sites for hydroxylation is 1. The van der Waals surface area contributed by atoms with Gasteiger partial charge in [0.25, 0.3) is 5.56 Å². The Morgan fingerprint density at radius 3 is 2.64 bits per heavy atom. The van der Waals surface area contributed by atoms with Crippen molar-refractivity contribution in [3.63, 3.8) is 0 Å². The summed E-state index contributed by atoms with van der Waals surface area (Å²) in [5, 5.41) is 8.22. The van der Waals surface area contributed by atoms with Gasteiger partial charge in [-0.05, 0) is 13.0 Å². The highest BCUT2D eigenvalue weighted by molar-refractivity contribution is 5.90. The van der Waals surface area contributed by atoms with Gasteiger partial charge in [0, 0.05) is 25.5 Å². The quantitative estimate of drug-likeness (QED) is 0.768. The zero-order valence-electron chi connectivity index (χ0n) is 14.2. The van der Waals surface area contributed by atoms with E-state index in [1.54, 1.807) is 23.1 Å². The van der Waals surface area contributed by atoms with E-state index in [0.717, 1.165) is 5.39 Å². The summed E-state index contributed by atoms with van der Waals surface area (Å²) in [6.45, 7) is 1.62. The number of amides is 1. The van der Waals surface area contributed by atoms with Gasteiger partial charge in [-0.15, -0.1) is 0 Å². The average Bonchev–Trinajstić information content (AvgIpc) is 2.59. The first-order valence-corrected chi connectivity index (χ1v) is 7.71. The maximum absolute atomic E-state index is 12.5. The van der Waals surface area contributed by atoms with E-state index in [9.17, 15) is 9.59 Å². The lowest BCUT2D eigenvalue weighted by Crippen LogP contribution is -2.30. The van der Waals surface area contributed by atoms with Gasteiger partial charge >= 0.3 is 0 Å². The molecule has 25 heavy (non-hydrogen) atoms. The molecule has 0 unspecified atom stereocenters. The van der Waals surface area contributed by atoms with E-state index in [1.165, 1.54) is 11.0 Å². The summed E-state index contributed by atoms with van der Waals surface area (Å²) < 4.78 is 1.17. The number of anilines is 2. The van der Waals surface area contributed by atoms with Crippen LogP contribution < -0.4 is 15.8 Å². The van der Waals surface area contributed by atoms with Gasteiger partial charge < -0.3 is 10.2 Å². The van der Waals surface area contributed by atoms with Crippen molar-refractivity contribution >= 4 is 28.3 Å². The first-order valence-electron chi connectivity index (χ1n) is 7.71. The highest BCUT2D eigenvalue weighted by atomic mass is 16.2. The molecule has 0 fully saturated rings. The molecule has 0 atom stereocenters. The van der Waals surface area contributed by atoms with E-state index in [2.05, 4.69) is 20.4 Å². The minimum absolute atomic E-state index is 0.189. The summed E-state index contributed by atoms with van der Waals surface area (Å²) in [6, 6.07) is 8.86. The minimum Gasteiger partial charge on any atom is -0.363 e. The van der Waals surface area contributed by atoms with E-state index in [-0.39, 0.29) is 18.0 Å². The van der Waals surface area contributed by atoms with Crippen LogP contribution in [0, 0.1) is 6.92 Å². The molecule has 1 N–H and O–H groups in total. The standard InChI is InChI=1S/C17H18N6O2/c1-11-12-6-4-5-7-13(12)17(25)23(21-11)9-16(24)20-14-8-15(22(2)3)19-10-18-14/h4-8,10H,9H2,1-3H3,(H,18,19,20,24). The van der Waals surface area contributed by atoms with E-state index in [1.807, 2.05) is 33.2 Å². The van der Waals surface area contributed by atoms with Gasteiger partial charge in [0.2, 0.25) is 5.91 Å².